The fraction of sp³-hybridized carbons (Fsp3) is 0.636. The lowest BCUT2D eigenvalue weighted by Gasteiger charge is -2.30. The van der Waals surface area contributed by atoms with Crippen LogP contribution in [0.5, 0.6) is 5.75 Å². The lowest BCUT2D eigenvalue weighted by atomic mass is 9.91. The SMILES string of the molecule is C1CCC(NC2CCCCC2)CC1.O=CNC(Cc1ccc(O)cc1)C(=O)O. The molecule has 0 bridgehead atoms. The molecule has 0 aromatic heterocycles. The highest BCUT2D eigenvalue weighted by Gasteiger charge is 2.19. The molecule has 156 valence electrons. The average Bonchev–Trinajstić information content (AvgIpc) is 2.71. The topological polar surface area (TPSA) is 98.7 Å². The van der Waals surface area contributed by atoms with Crippen molar-refractivity contribution in [2.45, 2.75) is 88.8 Å². The van der Waals surface area contributed by atoms with E-state index in [1.165, 1.54) is 76.3 Å². The van der Waals surface area contributed by atoms with E-state index in [2.05, 4.69) is 10.6 Å². The summed E-state index contributed by atoms with van der Waals surface area (Å²) in [5.41, 5.74) is 0.731. The van der Waals surface area contributed by atoms with Crippen LogP contribution in [-0.2, 0) is 16.0 Å². The minimum absolute atomic E-state index is 0.119. The van der Waals surface area contributed by atoms with Crippen LogP contribution in [-0.4, -0.2) is 40.7 Å². The van der Waals surface area contributed by atoms with Crippen molar-refractivity contribution in [2.24, 2.45) is 0 Å². The van der Waals surface area contributed by atoms with Crippen LogP contribution in [0.2, 0.25) is 0 Å². The number of phenols is 1. The largest absolute Gasteiger partial charge is 0.508 e. The first-order valence-corrected chi connectivity index (χ1v) is 10.5. The van der Waals surface area contributed by atoms with Crippen molar-refractivity contribution < 1.29 is 19.8 Å². The molecule has 2 aliphatic rings. The second-order valence-corrected chi connectivity index (χ2v) is 7.88. The van der Waals surface area contributed by atoms with E-state index in [4.69, 9.17) is 10.2 Å². The molecule has 1 atom stereocenters. The molecular formula is C22H34N2O4. The van der Waals surface area contributed by atoms with Crippen LogP contribution in [0, 0.1) is 0 Å². The zero-order valence-corrected chi connectivity index (χ0v) is 16.6. The van der Waals surface area contributed by atoms with E-state index in [1.807, 2.05) is 0 Å². The van der Waals surface area contributed by atoms with Gasteiger partial charge >= 0.3 is 5.97 Å². The van der Waals surface area contributed by atoms with Crippen LogP contribution >= 0.6 is 0 Å². The van der Waals surface area contributed by atoms with Crippen LogP contribution in [0.4, 0.5) is 0 Å². The Hall–Kier alpha value is -2.08. The van der Waals surface area contributed by atoms with Gasteiger partial charge in [-0.2, -0.15) is 0 Å². The molecule has 1 aromatic rings. The summed E-state index contributed by atoms with van der Waals surface area (Å²) in [6.07, 6.45) is 15.1. The number of carboxylic acids is 1. The van der Waals surface area contributed by atoms with E-state index in [9.17, 15) is 9.59 Å². The highest BCUT2D eigenvalue weighted by molar-refractivity contribution is 5.76. The molecule has 0 aliphatic heterocycles. The molecule has 0 saturated heterocycles. The Bertz CT molecular complexity index is 563. The molecule has 0 radical (unpaired) electrons. The summed E-state index contributed by atoms with van der Waals surface area (Å²) in [5, 5.41) is 23.8. The van der Waals surface area contributed by atoms with Gasteiger partial charge in [0.2, 0.25) is 6.41 Å². The quantitative estimate of drug-likeness (QED) is 0.535. The van der Waals surface area contributed by atoms with Gasteiger partial charge < -0.3 is 20.8 Å². The van der Waals surface area contributed by atoms with Gasteiger partial charge in [-0.1, -0.05) is 50.7 Å². The van der Waals surface area contributed by atoms with E-state index in [0.717, 1.165) is 17.6 Å². The van der Waals surface area contributed by atoms with E-state index in [0.29, 0.717) is 6.41 Å². The molecule has 1 unspecified atom stereocenters. The Kier molecular flexibility index (Phi) is 9.83. The number of aromatic hydroxyl groups is 1. The fourth-order valence-corrected chi connectivity index (χ4v) is 4.04. The van der Waals surface area contributed by atoms with Crippen molar-refractivity contribution in [1.82, 2.24) is 10.6 Å². The van der Waals surface area contributed by atoms with Crippen LogP contribution in [0.25, 0.3) is 0 Å². The Labute approximate surface area is 167 Å². The van der Waals surface area contributed by atoms with Gasteiger partial charge in [-0.05, 0) is 43.4 Å². The van der Waals surface area contributed by atoms with Gasteiger partial charge in [0.05, 0.1) is 0 Å². The number of aliphatic carboxylic acids is 1. The van der Waals surface area contributed by atoms with E-state index >= 15 is 0 Å². The first kappa shape index (κ1) is 22.2. The van der Waals surface area contributed by atoms with Crippen molar-refractivity contribution in [3.05, 3.63) is 29.8 Å². The molecule has 28 heavy (non-hydrogen) atoms. The van der Waals surface area contributed by atoms with Crippen LogP contribution < -0.4 is 10.6 Å². The standard InChI is InChI=1S/C12H23N.C10H11NO4/c1-3-7-11(8-4-1)13-12-9-5-2-6-10-12;12-6-11-9(10(14)15)5-7-1-3-8(13)4-2-7/h11-13H,1-10H2;1-4,6,9,13H,5H2,(H,11,12)(H,14,15). The Morgan fingerprint density at radius 2 is 1.46 bits per heavy atom. The monoisotopic (exact) mass is 390 g/mol. The van der Waals surface area contributed by atoms with Gasteiger partial charge in [0.15, 0.2) is 0 Å². The van der Waals surface area contributed by atoms with Gasteiger partial charge in [0.1, 0.15) is 11.8 Å². The number of carbonyl (C=O) groups is 2. The summed E-state index contributed by atoms with van der Waals surface area (Å²) < 4.78 is 0. The third-order valence-electron chi connectivity index (χ3n) is 5.63. The molecule has 2 fully saturated rings. The summed E-state index contributed by atoms with van der Waals surface area (Å²) in [4.78, 5) is 20.8. The normalized spacial score (nSPS) is 19.1. The maximum Gasteiger partial charge on any atom is 0.326 e. The minimum Gasteiger partial charge on any atom is -0.508 e. The maximum absolute atomic E-state index is 10.7. The molecule has 1 amide bonds. The number of benzene rings is 1. The van der Waals surface area contributed by atoms with Crippen molar-refractivity contribution in [1.29, 1.82) is 0 Å². The van der Waals surface area contributed by atoms with Gasteiger partial charge in [-0.3, -0.25) is 4.79 Å². The lowest BCUT2D eigenvalue weighted by molar-refractivity contribution is -0.140. The molecule has 3 rings (SSSR count). The van der Waals surface area contributed by atoms with Gasteiger partial charge in [0, 0.05) is 18.5 Å². The summed E-state index contributed by atoms with van der Waals surface area (Å²) in [7, 11) is 0. The molecule has 1 aromatic carbocycles. The Morgan fingerprint density at radius 1 is 0.964 bits per heavy atom. The third kappa shape index (κ3) is 8.30. The summed E-state index contributed by atoms with van der Waals surface area (Å²) in [6.45, 7) is 0. The summed E-state index contributed by atoms with van der Waals surface area (Å²) in [6, 6.07) is 6.96. The Balaban J connectivity index is 0.000000202. The van der Waals surface area contributed by atoms with Crippen molar-refractivity contribution in [3.63, 3.8) is 0 Å². The number of hydrogen-bond acceptors (Lipinski definition) is 4. The molecule has 2 saturated carbocycles. The van der Waals surface area contributed by atoms with Crippen LogP contribution in [0.15, 0.2) is 24.3 Å². The van der Waals surface area contributed by atoms with E-state index in [1.54, 1.807) is 12.1 Å². The first-order chi connectivity index (χ1) is 13.6. The van der Waals surface area contributed by atoms with Gasteiger partial charge in [-0.25, -0.2) is 4.79 Å². The molecule has 6 heteroatoms. The number of hydrogen-bond donors (Lipinski definition) is 4. The highest BCUT2D eigenvalue weighted by Crippen LogP contribution is 2.22. The predicted octanol–water partition coefficient (Wildman–Crippen LogP) is 3.38. The van der Waals surface area contributed by atoms with Crippen molar-refractivity contribution >= 4 is 12.4 Å². The van der Waals surface area contributed by atoms with Gasteiger partial charge in [0.25, 0.3) is 0 Å². The molecule has 6 nitrogen and oxygen atoms in total. The number of carbonyl (C=O) groups excluding carboxylic acids is 1. The average molecular weight is 391 g/mol. The minimum atomic E-state index is -1.09. The smallest absolute Gasteiger partial charge is 0.326 e. The molecule has 0 spiro atoms. The van der Waals surface area contributed by atoms with E-state index < -0.39 is 12.0 Å². The number of carboxylic acid groups (broad SMARTS) is 1. The van der Waals surface area contributed by atoms with Crippen LogP contribution in [0.3, 0.4) is 0 Å². The number of rotatable bonds is 7. The second-order valence-electron chi connectivity index (χ2n) is 7.88. The lowest BCUT2D eigenvalue weighted by Crippen LogP contribution is -2.40. The molecular weight excluding hydrogens is 356 g/mol. The van der Waals surface area contributed by atoms with E-state index in [-0.39, 0.29) is 12.2 Å². The van der Waals surface area contributed by atoms with Crippen LogP contribution in [0.1, 0.15) is 69.8 Å². The fourth-order valence-electron chi connectivity index (χ4n) is 4.04. The third-order valence-corrected chi connectivity index (χ3v) is 5.63. The maximum atomic E-state index is 10.7. The molecule has 4 N–H and O–H groups in total. The zero-order chi connectivity index (χ0) is 20.2. The van der Waals surface area contributed by atoms with Gasteiger partial charge in [-0.15, -0.1) is 0 Å². The number of phenolic OH excluding ortho intramolecular Hbond substituents is 1. The highest BCUT2D eigenvalue weighted by atomic mass is 16.4. The molecule has 0 heterocycles. The molecule has 2 aliphatic carbocycles. The Morgan fingerprint density at radius 3 is 1.89 bits per heavy atom. The predicted molar refractivity (Wildman–Crippen MR) is 109 cm³/mol. The summed E-state index contributed by atoms with van der Waals surface area (Å²) in [5.74, 6) is -0.968. The van der Waals surface area contributed by atoms with Crippen molar-refractivity contribution in [3.8, 4) is 5.75 Å². The number of amides is 1. The van der Waals surface area contributed by atoms with Crippen molar-refractivity contribution in [2.75, 3.05) is 0 Å². The second kappa shape index (κ2) is 12.4. The summed E-state index contributed by atoms with van der Waals surface area (Å²) >= 11 is 0. The first-order valence-electron chi connectivity index (χ1n) is 10.5. The number of nitrogens with one attached hydrogen (secondary N) is 2. The zero-order valence-electron chi connectivity index (χ0n) is 16.6.